The Hall–Kier alpha value is -1.77. The minimum Gasteiger partial charge on any atom is -0.336 e. The zero-order chi connectivity index (χ0) is 26.1. The van der Waals surface area contributed by atoms with Gasteiger partial charge in [0, 0.05) is 24.0 Å². The van der Waals surface area contributed by atoms with Gasteiger partial charge in [-0.2, -0.15) is 0 Å². The molecule has 1 saturated carbocycles. The molecule has 1 atom stereocenters. The molecule has 1 aromatic rings. The summed E-state index contributed by atoms with van der Waals surface area (Å²) in [6.45, 7) is 14.0. The zero-order valence-corrected chi connectivity index (χ0v) is 23.3. The van der Waals surface area contributed by atoms with Gasteiger partial charge in [0.1, 0.15) is 0 Å². The normalized spacial score (nSPS) is 14.8. The summed E-state index contributed by atoms with van der Waals surface area (Å²) >= 11 is 3.30. The molecule has 8 heteroatoms. The fourth-order valence-corrected chi connectivity index (χ4v) is 5.09. The van der Waals surface area contributed by atoms with Crippen molar-refractivity contribution in [1.82, 2.24) is 9.62 Å². The molecule has 1 aliphatic carbocycles. The molecule has 0 aromatic heterocycles. The fraction of sp³-hybridized carbons (Fsp3) is 0.500. The maximum atomic E-state index is 12.1. The fourth-order valence-electron chi connectivity index (χ4n) is 3.52. The lowest BCUT2D eigenvalue weighted by atomic mass is 9.96. The summed E-state index contributed by atoms with van der Waals surface area (Å²) in [5.74, 6) is 0.0949. The first kappa shape index (κ1) is 32.2. The third-order valence-electron chi connectivity index (χ3n) is 5.37. The van der Waals surface area contributed by atoms with E-state index in [0.29, 0.717) is 12.1 Å². The number of hydrogen-bond donors (Lipinski definition) is 1. The lowest BCUT2D eigenvalue weighted by molar-refractivity contribution is -0.130. The highest BCUT2D eigenvalue weighted by Gasteiger charge is 2.21. The number of sulfonamides is 1. The molecule has 192 valence electrons. The van der Waals surface area contributed by atoms with Crippen LogP contribution < -0.4 is 4.72 Å². The molecule has 1 N–H and O–H groups in total. The molecule has 1 aliphatic rings. The van der Waals surface area contributed by atoms with Crippen LogP contribution in [0.3, 0.4) is 0 Å². The van der Waals surface area contributed by atoms with Gasteiger partial charge in [-0.3, -0.25) is 9.18 Å². The molecule has 0 spiro atoms. The first-order chi connectivity index (χ1) is 16.1. The Balaban J connectivity index is 0.000000603. The van der Waals surface area contributed by atoms with Gasteiger partial charge < -0.3 is 4.90 Å². The van der Waals surface area contributed by atoms with E-state index >= 15 is 0 Å². The van der Waals surface area contributed by atoms with E-state index in [1.807, 2.05) is 24.0 Å². The number of alkyl halides is 1. The van der Waals surface area contributed by atoms with Gasteiger partial charge in [-0.25, -0.2) is 13.1 Å². The largest absolute Gasteiger partial charge is 0.336 e. The van der Waals surface area contributed by atoms with Crippen molar-refractivity contribution in [2.45, 2.75) is 76.3 Å². The lowest BCUT2D eigenvalue weighted by Crippen LogP contribution is -2.38. The molecular weight excluding hydrogens is 519 g/mol. The molecule has 0 saturated heterocycles. The van der Waals surface area contributed by atoms with Gasteiger partial charge in [-0.15, -0.1) is 0 Å². The molecule has 2 rings (SSSR count). The molecule has 0 radical (unpaired) electrons. The molecule has 1 fully saturated rings. The quantitative estimate of drug-likeness (QED) is 0.348. The molecule has 34 heavy (non-hydrogen) atoms. The number of allylic oxidation sites excluding steroid dienone is 2. The van der Waals surface area contributed by atoms with Crippen molar-refractivity contribution < 1.29 is 17.6 Å². The molecule has 1 aromatic carbocycles. The number of carbonyl (C=O) groups excluding carboxylic acids is 1. The van der Waals surface area contributed by atoms with Crippen LogP contribution in [0.1, 0.15) is 59.3 Å². The van der Waals surface area contributed by atoms with Crippen LogP contribution >= 0.6 is 15.9 Å². The van der Waals surface area contributed by atoms with Gasteiger partial charge in [-0.1, -0.05) is 73.5 Å². The molecular formula is C26H40BrFN2O3S. The second kappa shape index (κ2) is 17.6. The summed E-state index contributed by atoms with van der Waals surface area (Å²) in [5.41, 5.74) is 0.929. The van der Waals surface area contributed by atoms with Crippen LogP contribution in [0.4, 0.5) is 4.39 Å². The first-order valence-electron chi connectivity index (χ1n) is 11.5. The van der Waals surface area contributed by atoms with E-state index in [1.165, 1.54) is 6.42 Å². The van der Waals surface area contributed by atoms with E-state index in [4.69, 9.17) is 0 Å². The van der Waals surface area contributed by atoms with Crippen LogP contribution in [-0.4, -0.2) is 45.0 Å². The summed E-state index contributed by atoms with van der Waals surface area (Å²) in [5, 5.41) is 0. The molecule has 0 heterocycles. The monoisotopic (exact) mass is 558 g/mol. The van der Waals surface area contributed by atoms with Crippen molar-refractivity contribution in [2.24, 2.45) is 0 Å². The van der Waals surface area contributed by atoms with Crippen molar-refractivity contribution in [3.05, 3.63) is 65.7 Å². The van der Waals surface area contributed by atoms with Gasteiger partial charge >= 0.3 is 0 Å². The lowest BCUT2D eigenvalue weighted by Gasteiger charge is -2.28. The minimum absolute atomic E-state index is 0.0543. The smallest absolute Gasteiger partial charge is 0.240 e. The second-order valence-corrected chi connectivity index (χ2v) is 10.6. The minimum atomic E-state index is -3.35. The van der Waals surface area contributed by atoms with Crippen molar-refractivity contribution in [2.75, 3.05) is 13.7 Å². The molecule has 1 unspecified atom stereocenters. The van der Waals surface area contributed by atoms with E-state index < -0.39 is 10.0 Å². The van der Waals surface area contributed by atoms with E-state index in [-0.39, 0.29) is 18.0 Å². The van der Waals surface area contributed by atoms with E-state index in [1.54, 1.807) is 37.3 Å². The van der Waals surface area contributed by atoms with E-state index in [9.17, 15) is 17.6 Å². The maximum absolute atomic E-state index is 12.1. The standard InChI is InChI=1S/C13H21NO.C12H16BrNO2S.CH3F/c1-6-8-9-11(3)12(4)14(10-7-2)13(5)15;13-10-6-8-12(9-7-10)17(15,16)14-11-4-2-1-3-5-11;1-2/h6,8-9,12H,1,3,7,10H2,2,4-5H3;6-9,11,14H,1-5H2;1H3/b9-8-;;. The van der Waals surface area contributed by atoms with Gasteiger partial charge in [0.2, 0.25) is 15.9 Å². The number of benzene rings is 1. The van der Waals surface area contributed by atoms with Crippen LogP contribution in [0, 0.1) is 0 Å². The Morgan fingerprint density at radius 3 is 2.26 bits per heavy atom. The van der Waals surface area contributed by atoms with Gasteiger partial charge in [0.05, 0.1) is 18.1 Å². The Morgan fingerprint density at radius 1 is 1.24 bits per heavy atom. The Morgan fingerprint density at radius 2 is 1.79 bits per heavy atom. The number of amides is 1. The number of rotatable bonds is 9. The average Bonchev–Trinajstić information content (AvgIpc) is 2.82. The van der Waals surface area contributed by atoms with Gasteiger partial charge in [0.25, 0.3) is 0 Å². The molecule has 0 aliphatic heterocycles. The highest BCUT2D eigenvalue weighted by molar-refractivity contribution is 9.10. The second-order valence-electron chi connectivity index (χ2n) is 7.97. The summed E-state index contributed by atoms with van der Waals surface area (Å²) in [4.78, 5) is 13.6. The molecule has 0 bridgehead atoms. The van der Waals surface area contributed by atoms with Crippen LogP contribution in [0.25, 0.3) is 0 Å². The Bertz CT molecular complexity index is 880. The number of nitrogens with zero attached hydrogens (tertiary/aromatic N) is 1. The predicted octanol–water partition coefficient (Wildman–Crippen LogP) is 6.58. The summed E-state index contributed by atoms with van der Waals surface area (Å²) < 4.78 is 37.3. The number of hydrogen-bond acceptors (Lipinski definition) is 3. The number of halogens is 2. The third kappa shape index (κ3) is 12.1. The van der Waals surface area contributed by atoms with Crippen LogP contribution in [0.15, 0.2) is 70.6 Å². The Kier molecular flexibility index (Phi) is 16.7. The van der Waals surface area contributed by atoms with E-state index in [0.717, 1.165) is 48.7 Å². The summed E-state index contributed by atoms with van der Waals surface area (Å²) in [6, 6.07) is 6.89. The topological polar surface area (TPSA) is 66.5 Å². The molecule has 1 amide bonds. The van der Waals surface area contributed by atoms with E-state index in [2.05, 4.69) is 40.7 Å². The number of carbonyl (C=O) groups is 1. The highest BCUT2D eigenvalue weighted by Crippen LogP contribution is 2.20. The first-order valence-corrected chi connectivity index (χ1v) is 13.8. The van der Waals surface area contributed by atoms with Gasteiger partial charge in [0.15, 0.2) is 0 Å². The van der Waals surface area contributed by atoms with Crippen LogP contribution in [0.2, 0.25) is 0 Å². The third-order valence-corrected chi connectivity index (χ3v) is 7.44. The summed E-state index contributed by atoms with van der Waals surface area (Å²) in [6.07, 6.45) is 11.8. The number of nitrogens with one attached hydrogen (secondary N) is 1. The van der Waals surface area contributed by atoms with Gasteiger partial charge in [-0.05, 0) is 56.0 Å². The summed E-state index contributed by atoms with van der Waals surface area (Å²) in [7, 11) is -2.85. The van der Waals surface area contributed by atoms with Crippen molar-refractivity contribution in [3.63, 3.8) is 0 Å². The SMILES string of the molecule is C=C/C=C\C(=C)C(C)N(CCC)C(C)=O.CF.O=S(=O)(NC1CCCCC1)c1ccc(Br)cc1. The average molecular weight is 560 g/mol. The maximum Gasteiger partial charge on any atom is 0.240 e. The van der Waals surface area contributed by atoms with Crippen molar-refractivity contribution in [3.8, 4) is 0 Å². The van der Waals surface area contributed by atoms with Crippen LogP contribution in [0.5, 0.6) is 0 Å². The Labute approximate surface area is 214 Å². The molecule has 5 nitrogen and oxygen atoms in total. The van der Waals surface area contributed by atoms with Crippen molar-refractivity contribution >= 4 is 31.9 Å². The van der Waals surface area contributed by atoms with Crippen LogP contribution in [-0.2, 0) is 14.8 Å². The highest BCUT2D eigenvalue weighted by atomic mass is 79.9. The van der Waals surface area contributed by atoms with Crippen molar-refractivity contribution in [1.29, 1.82) is 0 Å². The predicted molar refractivity (Wildman–Crippen MR) is 144 cm³/mol. The zero-order valence-electron chi connectivity index (χ0n) is 20.9.